The first kappa shape index (κ1) is 49.8. The van der Waals surface area contributed by atoms with Gasteiger partial charge >= 0.3 is 0 Å². The van der Waals surface area contributed by atoms with Crippen LogP contribution < -0.4 is 25.6 Å². The van der Waals surface area contributed by atoms with E-state index in [0.717, 1.165) is 79.3 Å². The first-order chi connectivity index (χ1) is 39.3. The Kier molecular flexibility index (Phi) is 11.7. The lowest BCUT2D eigenvalue weighted by atomic mass is 9.33. The van der Waals surface area contributed by atoms with Gasteiger partial charge in [-0.05, 0) is 153 Å². The summed E-state index contributed by atoms with van der Waals surface area (Å²) in [6, 6.07) is 85.5. The van der Waals surface area contributed by atoms with E-state index in [0.29, 0.717) is 0 Å². The number of aromatic nitrogens is 1. The molecule has 0 fully saturated rings. The number of anilines is 8. The van der Waals surface area contributed by atoms with E-state index >= 15 is 0 Å². The van der Waals surface area contributed by atoms with Crippen molar-refractivity contribution in [3.63, 3.8) is 0 Å². The Labute approximate surface area is 477 Å². The second kappa shape index (κ2) is 19.1. The van der Waals surface area contributed by atoms with Crippen LogP contribution in [-0.2, 0) is 10.8 Å². The summed E-state index contributed by atoms with van der Waals surface area (Å²) in [4.78, 5) is 9.85. The van der Waals surface area contributed by atoms with Gasteiger partial charge in [0.05, 0.1) is 16.7 Å². The van der Waals surface area contributed by atoms with Crippen molar-refractivity contribution in [2.45, 2.75) is 59.3 Å². The third-order valence-electron chi connectivity index (χ3n) is 16.9. The van der Waals surface area contributed by atoms with Crippen molar-refractivity contribution in [2.24, 2.45) is 0 Å². The molecule has 3 aliphatic rings. The van der Waals surface area contributed by atoms with E-state index in [4.69, 9.17) is 6.58 Å². The lowest BCUT2D eigenvalue weighted by Crippen LogP contribution is -2.57. The van der Waals surface area contributed by atoms with E-state index in [1.54, 1.807) is 0 Å². The van der Waals surface area contributed by atoms with Gasteiger partial charge in [-0.2, -0.15) is 0 Å². The standard InChI is InChI=1S/C75H64BN5/c1-50-34-35-53(63-31-21-23-52-22-15-16-28-62(52)63)49-77(50)73-51(2)76-66-45-44-60(78(58-40-36-54(37-41-58)74(3,4)5)59-42-38-55(39-43-59)75(6,7)8)46-69(66)79(56-24-11-9-12-25-56)70-47-61(48-71(72(70)76)81(73)57-26-13-10-14-27-57)80-67-32-19-17-29-64(67)65-30-18-20-33-68(65)80/h9-49H,1H2,2-8H3. The smallest absolute Gasteiger partial charge is 0.249 e. The average molecular weight is 1050 g/mol. The maximum atomic E-state index is 4.83. The molecule has 3 aliphatic heterocycles. The fourth-order valence-electron chi connectivity index (χ4n) is 12.9. The first-order valence-corrected chi connectivity index (χ1v) is 28.4. The Bertz CT molecular complexity index is 4280. The molecule has 10 aromatic carbocycles. The third kappa shape index (κ3) is 8.31. The van der Waals surface area contributed by atoms with Crippen molar-refractivity contribution < 1.29 is 0 Å². The minimum absolute atomic E-state index is 0.00843. The van der Waals surface area contributed by atoms with E-state index in [1.165, 1.54) is 54.6 Å². The summed E-state index contributed by atoms with van der Waals surface area (Å²) in [6.45, 7) is 20.7. The van der Waals surface area contributed by atoms with Gasteiger partial charge in [0.15, 0.2) is 0 Å². The molecule has 4 heterocycles. The Hall–Kier alpha value is -9.52. The highest BCUT2D eigenvalue weighted by atomic mass is 15.3. The molecule has 0 N–H and O–H groups in total. The predicted molar refractivity (Wildman–Crippen MR) is 346 cm³/mol. The van der Waals surface area contributed by atoms with E-state index in [2.05, 4.69) is 322 Å². The summed E-state index contributed by atoms with van der Waals surface area (Å²) in [5.41, 5.74) is 21.7. The molecule has 0 aliphatic carbocycles. The van der Waals surface area contributed by atoms with Gasteiger partial charge in [-0.15, -0.1) is 0 Å². The molecule has 6 heteroatoms. The topological polar surface area (TPSA) is 17.9 Å². The predicted octanol–water partition coefficient (Wildman–Crippen LogP) is 18.7. The minimum Gasteiger partial charge on any atom is -0.311 e. The van der Waals surface area contributed by atoms with Gasteiger partial charge in [0.25, 0.3) is 0 Å². The molecule has 0 amide bonds. The van der Waals surface area contributed by atoms with Gasteiger partial charge < -0.3 is 19.3 Å². The van der Waals surface area contributed by atoms with Crippen molar-refractivity contribution in [2.75, 3.05) is 14.7 Å². The molecular formula is C75H64BN5. The van der Waals surface area contributed by atoms with Crippen LogP contribution in [0.25, 0.3) is 43.8 Å². The van der Waals surface area contributed by atoms with Crippen molar-refractivity contribution in [1.29, 1.82) is 0 Å². The second-order valence-corrected chi connectivity index (χ2v) is 24.0. The molecule has 5 nitrogen and oxygen atoms in total. The Morgan fingerprint density at radius 2 is 0.951 bits per heavy atom. The van der Waals surface area contributed by atoms with Crippen LogP contribution in [0.3, 0.4) is 0 Å². The maximum Gasteiger partial charge on any atom is 0.249 e. The molecule has 11 aromatic rings. The lowest BCUT2D eigenvalue weighted by Gasteiger charge is -2.47. The van der Waals surface area contributed by atoms with Crippen LogP contribution in [0, 0.1) is 0 Å². The Balaban J connectivity index is 1.07. The van der Waals surface area contributed by atoms with Gasteiger partial charge in [-0.3, -0.25) is 4.90 Å². The zero-order valence-corrected chi connectivity index (χ0v) is 47.2. The van der Waals surface area contributed by atoms with Crippen LogP contribution in [0.1, 0.15) is 65.2 Å². The zero-order chi connectivity index (χ0) is 55.3. The molecule has 392 valence electrons. The largest absolute Gasteiger partial charge is 0.311 e. The highest BCUT2D eigenvalue weighted by Gasteiger charge is 2.45. The first-order valence-electron chi connectivity index (χ1n) is 28.4. The van der Waals surface area contributed by atoms with Crippen LogP contribution in [0.2, 0.25) is 0 Å². The monoisotopic (exact) mass is 1050 g/mol. The minimum atomic E-state index is -0.153. The number of allylic oxidation sites excluding steroid dienone is 4. The van der Waals surface area contributed by atoms with Gasteiger partial charge in [0, 0.05) is 68.2 Å². The van der Waals surface area contributed by atoms with Gasteiger partial charge in [0.1, 0.15) is 5.82 Å². The SMILES string of the molecule is C=C1C=CC(c2cccc3ccccc23)=CN1C1=C(C)B2c3ccc(N(c4ccc(C(C)(C)C)cc4)c4ccc(C(C)(C)C)cc4)cc3N(c3ccccc3)c3cc(-n4c5ccccc5c5ccccc54)cc(c32)N1c1ccccc1. The fourth-order valence-corrected chi connectivity index (χ4v) is 12.9. The second-order valence-electron chi connectivity index (χ2n) is 24.0. The third-order valence-corrected chi connectivity index (χ3v) is 16.9. The summed E-state index contributed by atoms with van der Waals surface area (Å²) >= 11 is 0. The summed E-state index contributed by atoms with van der Waals surface area (Å²) in [7, 11) is 0. The van der Waals surface area contributed by atoms with Gasteiger partial charge in [-0.25, -0.2) is 0 Å². The molecule has 0 radical (unpaired) electrons. The average Bonchev–Trinajstić information content (AvgIpc) is 3.01. The molecule has 81 heavy (non-hydrogen) atoms. The van der Waals surface area contributed by atoms with Crippen LogP contribution >= 0.6 is 0 Å². The highest BCUT2D eigenvalue weighted by molar-refractivity contribution is 6.95. The lowest BCUT2D eigenvalue weighted by molar-refractivity contribution is 0.574. The molecule has 0 spiro atoms. The molecular weight excluding hydrogens is 982 g/mol. The summed E-state index contributed by atoms with van der Waals surface area (Å²) in [5, 5.41) is 4.86. The summed E-state index contributed by atoms with van der Waals surface area (Å²) < 4.78 is 2.48. The molecule has 0 saturated heterocycles. The number of hydrogen-bond acceptors (Lipinski definition) is 4. The number of nitrogens with zero attached hydrogens (tertiary/aromatic N) is 5. The van der Waals surface area contributed by atoms with Crippen molar-refractivity contribution in [3.05, 3.63) is 289 Å². The number of benzene rings is 10. The molecule has 0 unspecified atom stereocenters. The highest BCUT2D eigenvalue weighted by Crippen LogP contribution is 2.50. The number of hydrogen-bond donors (Lipinski definition) is 0. The van der Waals surface area contributed by atoms with Crippen LogP contribution in [0.5, 0.6) is 0 Å². The van der Waals surface area contributed by atoms with Crippen LogP contribution in [-0.4, -0.2) is 16.2 Å². The van der Waals surface area contributed by atoms with Gasteiger partial charge in [0.2, 0.25) is 6.71 Å². The van der Waals surface area contributed by atoms with Crippen molar-refractivity contribution >= 4 is 101 Å². The number of rotatable bonds is 8. The fraction of sp³-hybridized carbons (Fsp3) is 0.120. The Morgan fingerprint density at radius 3 is 1.54 bits per heavy atom. The van der Waals surface area contributed by atoms with Crippen molar-refractivity contribution in [3.8, 4) is 5.69 Å². The van der Waals surface area contributed by atoms with E-state index in [-0.39, 0.29) is 17.5 Å². The molecule has 0 atom stereocenters. The van der Waals surface area contributed by atoms with E-state index in [9.17, 15) is 0 Å². The molecule has 0 saturated carbocycles. The summed E-state index contributed by atoms with van der Waals surface area (Å²) in [5.74, 6) is 1.05. The molecule has 0 bridgehead atoms. The molecule has 14 rings (SSSR count). The van der Waals surface area contributed by atoms with Crippen molar-refractivity contribution in [1.82, 2.24) is 9.47 Å². The zero-order valence-electron chi connectivity index (χ0n) is 47.2. The maximum absolute atomic E-state index is 4.83. The van der Waals surface area contributed by atoms with E-state index < -0.39 is 0 Å². The quantitative estimate of drug-likeness (QED) is 0.141. The normalized spacial score (nSPS) is 14.3. The van der Waals surface area contributed by atoms with Crippen LogP contribution in [0.4, 0.5) is 45.5 Å². The van der Waals surface area contributed by atoms with E-state index in [1.807, 2.05) is 0 Å². The Morgan fingerprint density at radius 1 is 0.444 bits per heavy atom. The number of fused-ring (bicyclic) bond motifs is 6. The number of para-hydroxylation sites is 4. The molecule has 1 aromatic heterocycles. The summed E-state index contributed by atoms with van der Waals surface area (Å²) in [6.07, 6.45) is 6.73. The van der Waals surface area contributed by atoms with Crippen LogP contribution in [0.15, 0.2) is 272 Å². The van der Waals surface area contributed by atoms with Gasteiger partial charge in [-0.1, -0.05) is 205 Å².